The SMILES string of the molecule is c1ccc(-c2ccc(-c3nc(-n4c5ccccc5c5cc6c7cc(-c8ccc9c(c8)oc8nc(-n%10c%11ccccc%11c%11cc%12c%13ccc%14ccccc%14c%13n%13c%14ccccc%14c(c%11%10)c%12%13)nc(-c%10ccccc%10)c89)c8ccccc8c7n7c8ccccc8c(c54)c67)nc4oc5ccccc5c34)cc2)cc1. The molecule has 0 amide bonds. The molecule has 478 valence electrons. The zero-order valence-corrected chi connectivity index (χ0v) is 55.3. The third kappa shape index (κ3) is 7.02. The Balaban J connectivity index is 0.717. The Bertz CT molecular complexity index is 8090. The molecule has 0 atom stereocenters. The largest absolute Gasteiger partial charge is 0.437 e. The smallest absolute Gasteiger partial charge is 0.238 e. The molecule has 0 saturated heterocycles. The van der Waals surface area contributed by atoms with Crippen LogP contribution in [0, 0.1) is 0 Å². The van der Waals surface area contributed by atoms with Crippen molar-refractivity contribution in [3.63, 3.8) is 0 Å². The summed E-state index contributed by atoms with van der Waals surface area (Å²) >= 11 is 0. The summed E-state index contributed by atoms with van der Waals surface area (Å²) < 4.78 is 23.6. The molecular weight excluding hydrogens is 1270 g/mol. The van der Waals surface area contributed by atoms with Crippen molar-refractivity contribution < 1.29 is 8.83 Å². The zero-order valence-electron chi connectivity index (χ0n) is 55.3. The van der Waals surface area contributed by atoms with Crippen molar-refractivity contribution in [3.8, 4) is 56.7 Å². The Labute approximate surface area is 588 Å². The Morgan fingerprint density at radius 1 is 0.221 bits per heavy atom. The second-order valence-corrected chi connectivity index (χ2v) is 27.9. The number of benzene rings is 15. The van der Waals surface area contributed by atoms with Gasteiger partial charge in [0, 0.05) is 97.3 Å². The molecule has 10 heterocycles. The van der Waals surface area contributed by atoms with Crippen LogP contribution in [0.1, 0.15) is 0 Å². The lowest BCUT2D eigenvalue weighted by molar-refractivity contribution is 0.651. The van der Waals surface area contributed by atoms with E-state index in [9.17, 15) is 0 Å². The average molecular weight is 1320 g/mol. The third-order valence-electron chi connectivity index (χ3n) is 22.7. The highest BCUT2D eigenvalue weighted by molar-refractivity contribution is 6.38. The molecule has 0 N–H and O–H groups in total. The lowest BCUT2D eigenvalue weighted by Crippen LogP contribution is -2.03. The van der Waals surface area contributed by atoms with Crippen molar-refractivity contribution in [2.75, 3.05) is 0 Å². The fourth-order valence-corrected chi connectivity index (χ4v) is 18.4. The number of hydrogen-bond acceptors (Lipinski definition) is 6. The first-order valence-electron chi connectivity index (χ1n) is 35.4. The van der Waals surface area contributed by atoms with Crippen molar-refractivity contribution in [1.82, 2.24) is 37.9 Å². The van der Waals surface area contributed by atoms with Gasteiger partial charge in [0.15, 0.2) is 0 Å². The molecule has 0 aliphatic heterocycles. The summed E-state index contributed by atoms with van der Waals surface area (Å²) in [6.07, 6.45) is 0. The van der Waals surface area contributed by atoms with E-state index >= 15 is 0 Å². The molecule has 0 fully saturated rings. The molecule has 0 unspecified atom stereocenters. The summed E-state index contributed by atoms with van der Waals surface area (Å²) in [5.74, 6) is 1.07. The summed E-state index contributed by atoms with van der Waals surface area (Å²) in [7, 11) is 0. The average Bonchev–Trinajstić information content (AvgIpc) is 1.51. The molecule has 0 aliphatic rings. The van der Waals surface area contributed by atoms with E-state index in [0.717, 1.165) is 175 Å². The molecule has 25 rings (SSSR count). The van der Waals surface area contributed by atoms with Crippen LogP contribution in [-0.4, -0.2) is 37.9 Å². The van der Waals surface area contributed by atoms with E-state index in [-0.39, 0.29) is 0 Å². The molecule has 25 aromatic rings. The number of rotatable bonds is 6. The maximum Gasteiger partial charge on any atom is 0.238 e. The van der Waals surface area contributed by atoms with E-state index in [1.807, 2.05) is 12.1 Å². The summed E-state index contributed by atoms with van der Waals surface area (Å²) in [5.41, 5.74) is 21.6. The standard InChI is InChI=1S/C94H50N8O2/c1-3-21-51(22-4-1)52-39-41-55(42-40-52)84-79-65-33-15-20-38-77(65)103-91(79)97-94(96-84)102-74-35-17-12-29-60(74)69-50-72-71-48-67(58-27-9-10-30-61(58)86(71)100-76-37-19-14-32-64(76)82(88(72)100)90(69)102)56-44-46-66-78(47-56)104-92-80(66)83(54-24-5-2-6-25-54)95-93(98-92)101-73-34-16-11-28-59(73)68-49-70-62-45-43-53-23-7-8-26-57(53)85(62)99-75-36-18-13-31-63(75)81(87(70)99)89(68)101/h1-50H. The summed E-state index contributed by atoms with van der Waals surface area (Å²) in [6, 6.07) is 109. The van der Waals surface area contributed by atoms with Crippen molar-refractivity contribution in [2.45, 2.75) is 0 Å². The topological polar surface area (TPSA) is 96.5 Å². The van der Waals surface area contributed by atoms with Gasteiger partial charge in [-0.1, -0.05) is 243 Å². The highest BCUT2D eigenvalue weighted by atomic mass is 16.3. The van der Waals surface area contributed by atoms with Crippen LogP contribution in [0.4, 0.5) is 0 Å². The lowest BCUT2D eigenvalue weighted by Gasteiger charge is -2.11. The second-order valence-electron chi connectivity index (χ2n) is 27.9. The summed E-state index contributed by atoms with van der Waals surface area (Å²) in [6.45, 7) is 0. The maximum absolute atomic E-state index is 7.28. The minimum Gasteiger partial charge on any atom is -0.437 e. The van der Waals surface area contributed by atoms with Crippen LogP contribution < -0.4 is 0 Å². The van der Waals surface area contributed by atoms with Gasteiger partial charge in [0.2, 0.25) is 23.3 Å². The first kappa shape index (κ1) is 54.7. The minimum absolute atomic E-state index is 0.516. The van der Waals surface area contributed by atoms with E-state index in [4.69, 9.17) is 28.8 Å². The summed E-state index contributed by atoms with van der Waals surface area (Å²) in [5, 5.41) is 22.2. The van der Waals surface area contributed by atoms with Crippen molar-refractivity contribution in [1.29, 1.82) is 0 Å². The number of aromatic nitrogens is 8. The first-order valence-corrected chi connectivity index (χ1v) is 35.4. The van der Waals surface area contributed by atoms with Gasteiger partial charge in [0.05, 0.1) is 77.3 Å². The molecular formula is C94H50N8O2. The van der Waals surface area contributed by atoms with E-state index in [1.165, 1.54) is 43.4 Å². The third-order valence-corrected chi connectivity index (χ3v) is 22.7. The highest BCUT2D eigenvalue weighted by Crippen LogP contribution is 2.52. The van der Waals surface area contributed by atoms with Crippen LogP contribution >= 0.6 is 0 Å². The Morgan fingerprint density at radius 2 is 0.625 bits per heavy atom. The van der Waals surface area contributed by atoms with Gasteiger partial charge in [-0.25, -0.2) is 9.97 Å². The van der Waals surface area contributed by atoms with Crippen molar-refractivity contribution in [3.05, 3.63) is 303 Å². The van der Waals surface area contributed by atoms with Gasteiger partial charge in [-0.3, -0.25) is 9.13 Å². The normalized spacial score (nSPS) is 12.6. The number of fused-ring (bicyclic) bond motifs is 30. The predicted octanol–water partition coefficient (Wildman–Crippen LogP) is 24.5. The van der Waals surface area contributed by atoms with Gasteiger partial charge in [-0.2, -0.15) is 9.97 Å². The highest BCUT2D eigenvalue weighted by Gasteiger charge is 2.31. The number of furan rings is 2. The fraction of sp³-hybridized carbons (Fsp3) is 0. The first-order chi connectivity index (χ1) is 51.6. The molecule has 10 nitrogen and oxygen atoms in total. The molecule has 10 aromatic heterocycles. The van der Waals surface area contributed by atoms with E-state index in [1.54, 1.807) is 0 Å². The molecule has 0 bridgehead atoms. The van der Waals surface area contributed by atoms with Crippen LogP contribution in [-0.2, 0) is 0 Å². The monoisotopic (exact) mass is 1320 g/mol. The van der Waals surface area contributed by atoms with Gasteiger partial charge in [0.1, 0.15) is 11.2 Å². The molecule has 10 heteroatoms. The predicted molar refractivity (Wildman–Crippen MR) is 427 cm³/mol. The minimum atomic E-state index is 0.516. The number of para-hydroxylation sites is 5. The Hall–Kier alpha value is -14.2. The number of hydrogen-bond donors (Lipinski definition) is 0. The fourth-order valence-electron chi connectivity index (χ4n) is 18.4. The maximum atomic E-state index is 7.28. The number of nitrogens with zero attached hydrogens (tertiary/aromatic N) is 8. The van der Waals surface area contributed by atoms with E-state index in [0.29, 0.717) is 23.3 Å². The Morgan fingerprint density at radius 3 is 1.25 bits per heavy atom. The van der Waals surface area contributed by atoms with Gasteiger partial charge >= 0.3 is 0 Å². The molecule has 15 aromatic carbocycles. The van der Waals surface area contributed by atoms with Crippen molar-refractivity contribution in [2.24, 2.45) is 0 Å². The van der Waals surface area contributed by atoms with Crippen LogP contribution in [0.15, 0.2) is 312 Å². The van der Waals surface area contributed by atoms with Gasteiger partial charge < -0.3 is 17.6 Å². The summed E-state index contributed by atoms with van der Waals surface area (Å²) in [4.78, 5) is 22.5. The van der Waals surface area contributed by atoms with Crippen LogP contribution in [0.3, 0.4) is 0 Å². The van der Waals surface area contributed by atoms with Crippen molar-refractivity contribution >= 4 is 185 Å². The quantitative estimate of drug-likeness (QED) is 0.165. The second kappa shape index (κ2) is 19.8. The zero-order chi connectivity index (χ0) is 67.3. The van der Waals surface area contributed by atoms with Crippen LogP contribution in [0.25, 0.3) is 242 Å². The van der Waals surface area contributed by atoms with Crippen LogP contribution in [0.2, 0.25) is 0 Å². The Kier molecular flexibility index (Phi) is 10.4. The molecule has 0 radical (unpaired) electrons. The van der Waals surface area contributed by atoms with Gasteiger partial charge in [0.25, 0.3) is 0 Å². The molecule has 0 aliphatic carbocycles. The van der Waals surface area contributed by atoms with Gasteiger partial charge in [-0.15, -0.1) is 0 Å². The lowest BCUT2D eigenvalue weighted by atomic mass is 9.94. The van der Waals surface area contributed by atoms with Gasteiger partial charge in [-0.05, 0) is 93.7 Å². The van der Waals surface area contributed by atoms with E-state index < -0.39 is 0 Å². The molecule has 104 heavy (non-hydrogen) atoms. The van der Waals surface area contributed by atoms with Crippen LogP contribution in [0.5, 0.6) is 0 Å². The van der Waals surface area contributed by atoms with E-state index in [2.05, 4.69) is 309 Å². The molecule has 0 saturated carbocycles. The molecule has 0 spiro atoms.